The topological polar surface area (TPSA) is 68.8 Å². The van der Waals surface area contributed by atoms with Crippen molar-refractivity contribution < 1.29 is 9.18 Å². The van der Waals surface area contributed by atoms with Crippen molar-refractivity contribution in [3.63, 3.8) is 0 Å². The fraction of sp³-hybridized carbons (Fsp3) is 0.556. The van der Waals surface area contributed by atoms with Gasteiger partial charge in [0, 0.05) is 31.2 Å². The highest BCUT2D eigenvalue weighted by molar-refractivity contribution is 5.86. The zero-order chi connectivity index (χ0) is 19.0. The molecule has 7 heteroatoms. The number of benzene rings is 1. The van der Waals surface area contributed by atoms with E-state index in [0.717, 1.165) is 5.56 Å². The van der Waals surface area contributed by atoms with Crippen LogP contribution in [0, 0.1) is 5.82 Å². The highest BCUT2D eigenvalue weighted by Gasteiger charge is 2.13. The number of nitrogens with zero attached hydrogens (tertiary/aromatic N) is 2. The summed E-state index contributed by atoms with van der Waals surface area (Å²) in [5.41, 5.74) is 1.32. The van der Waals surface area contributed by atoms with E-state index in [4.69, 9.17) is 0 Å². The molecule has 3 N–H and O–H groups in total. The van der Waals surface area contributed by atoms with Gasteiger partial charge in [-0.25, -0.2) is 4.39 Å². The van der Waals surface area contributed by atoms with Crippen LogP contribution in [0.25, 0.3) is 0 Å². The molecule has 0 fully saturated rings. The Morgan fingerprint density at radius 3 is 2.48 bits per heavy atom. The Hall–Kier alpha value is -2.15. The number of hydrogen-bond acceptors (Lipinski definition) is 3. The summed E-state index contributed by atoms with van der Waals surface area (Å²) in [5.74, 6) is 0.201. The van der Waals surface area contributed by atoms with Gasteiger partial charge in [0.25, 0.3) is 0 Å². The second kappa shape index (κ2) is 9.36. The molecule has 0 heterocycles. The van der Waals surface area contributed by atoms with Crippen LogP contribution in [0.2, 0.25) is 0 Å². The van der Waals surface area contributed by atoms with E-state index >= 15 is 0 Å². The third-order valence-corrected chi connectivity index (χ3v) is 3.21. The van der Waals surface area contributed by atoms with E-state index in [1.165, 1.54) is 6.07 Å². The van der Waals surface area contributed by atoms with E-state index in [-0.39, 0.29) is 23.8 Å². The van der Waals surface area contributed by atoms with Gasteiger partial charge < -0.3 is 20.9 Å². The van der Waals surface area contributed by atoms with Gasteiger partial charge in [-0.1, -0.05) is 6.07 Å². The van der Waals surface area contributed by atoms with Crippen molar-refractivity contribution >= 4 is 11.9 Å². The average molecular weight is 351 g/mol. The average Bonchev–Trinajstić information content (AvgIpc) is 2.48. The Labute approximate surface area is 149 Å². The molecular weight excluding hydrogens is 321 g/mol. The second-order valence-corrected chi connectivity index (χ2v) is 7.24. The molecule has 0 atom stereocenters. The SMILES string of the molecule is CN=C(NCC(=O)NC(C)(C)C)NCc1ccc(F)c(CN(C)C)c1. The lowest BCUT2D eigenvalue weighted by molar-refractivity contribution is -0.121. The minimum atomic E-state index is -0.271. The van der Waals surface area contributed by atoms with Crippen LogP contribution >= 0.6 is 0 Å². The molecule has 1 amide bonds. The standard InChI is InChI=1S/C18H30FN5O/c1-18(2,3)23-16(25)11-22-17(20-4)21-10-13-7-8-15(19)14(9-13)12-24(5)6/h7-9H,10-12H2,1-6H3,(H,23,25)(H2,20,21,22). The molecule has 25 heavy (non-hydrogen) atoms. The van der Waals surface area contributed by atoms with Crippen molar-refractivity contribution in [1.29, 1.82) is 0 Å². The van der Waals surface area contributed by atoms with Crippen molar-refractivity contribution in [3.05, 3.63) is 35.1 Å². The maximum atomic E-state index is 13.8. The van der Waals surface area contributed by atoms with Crippen molar-refractivity contribution in [2.45, 2.75) is 39.4 Å². The smallest absolute Gasteiger partial charge is 0.239 e. The highest BCUT2D eigenvalue weighted by Crippen LogP contribution is 2.12. The predicted molar refractivity (Wildman–Crippen MR) is 99.9 cm³/mol. The molecule has 0 saturated carbocycles. The Morgan fingerprint density at radius 2 is 1.92 bits per heavy atom. The summed E-state index contributed by atoms with van der Waals surface area (Å²) in [5, 5.41) is 8.97. The van der Waals surface area contributed by atoms with Gasteiger partial charge >= 0.3 is 0 Å². The Balaban J connectivity index is 2.56. The van der Waals surface area contributed by atoms with Crippen LogP contribution in [0.15, 0.2) is 23.2 Å². The summed E-state index contributed by atoms with van der Waals surface area (Å²) in [6.07, 6.45) is 0. The normalized spacial score (nSPS) is 12.2. The van der Waals surface area contributed by atoms with E-state index in [0.29, 0.717) is 24.6 Å². The van der Waals surface area contributed by atoms with E-state index in [2.05, 4.69) is 20.9 Å². The van der Waals surface area contributed by atoms with Crippen LogP contribution in [-0.2, 0) is 17.9 Å². The minimum Gasteiger partial charge on any atom is -0.352 e. The third kappa shape index (κ3) is 8.49. The number of guanidine groups is 1. The lowest BCUT2D eigenvalue weighted by Crippen LogP contribution is -2.48. The van der Waals surface area contributed by atoms with Crippen LogP contribution in [0.3, 0.4) is 0 Å². The summed E-state index contributed by atoms with van der Waals surface area (Å²) in [6, 6.07) is 5.05. The van der Waals surface area contributed by atoms with Crippen molar-refractivity contribution in [2.24, 2.45) is 4.99 Å². The zero-order valence-corrected chi connectivity index (χ0v) is 16.0. The molecule has 140 valence electrons. The molecule has 6 nitrogen and oxygen atoms in total. The first-order chi connectivity index (χ1) is 11.6. The molecule has 0 spiro atoms. The second-order valence-electron chi connectivity index (χ2n) is 7.24. The van der Waals surface area contributed by atoms with E-state index < -0.39 is 0 Å². The molecule has 1 aromatic rings. The van der Waals surface area contributed by atoms with Gasteiger partial charge in [0.2, 0.25) is 5.91 Å². The number of carbonyl (C=O) groups is 1. The number of hydrogen-bond donors (Lipinski definition) is 3. The fourth-order valence-corrected chi connectivity index (χ4v) is 2.23. The number of carbonyl (C=O) groups excluding carboxylic acids is 1. The first kappa shape index (κ1) is 20.9. The molecule has 0 radical (unpaired) electrons. The first-order valence-corrected chi connectivity index (χ1v) is 8.28. The fourth-order valence-electron chi connectivity index (χ4n) is 2.23. The summed E-state index contributed by atoms with van der Waals surface area (Å²) in [6.45, 7) is 6.95. The van der Waals surface area contributed by atoms with Crippen LogP contribution in [0.4, 0.5) is 4.39 Å². The summed E-state index contributed by atoms with van der Waals surface area (Å²) in [4.78, 5) is 17.8. The molecule has 1 aromatic carbocycles. The monoisotopic (exact) mass is 351 g/mol. The molecule has 0 aromatic heterocycles. The van der Waals surface area contributed by atoms with Crippen LogP contribution in [0.5, 0.6) is 0 Å². The molecule has 0 aliphatic carbocycles. The van der Waals surface area contributed by atoms with Gasteiger partial charge in [0.05, 0.1) is 6.54 Å². The molecule has 0 bridgehead atoms. The zero-order valence-electron chi connectivity index (χ0n) is 16.0. The Bertz CT molecular complexity index is 608. The first-order valence-electron chi connectivity index (χ1n) is 8.28. The van der Waals surface area contributed by atoms with E-state index in [1.807, 2.05) is 45.8 Å². The minimum absolute atomic E-state index is 0.106. The molecular formula is C18H30FN5O. The summed E-state index contributed by atoms with van der Waals surface area (Å²) < 4.78 is 13.8. The molecule has 1 rings (SSSR count). The number of rotatable bonds is 6. The van der Waals surface area contributed by atoms with Crippen LogP contribution in [0.1, 0.15) is 31.9 Å². The van der Waals surface area contributed by atoms with E-state index in [9.17, 15) is 9.18 Å². The number of amides is 1. The van der Waals surface area contributed by atoms with Crippen molar-refractivity contribution in [3.8, 4) is 0 Å². The third-order valence-electron chi connectivity index (χ3n) is 3.21. The van der Waals surface area contributed by atoms with Gasteiger partial charge in [-0.05, 0) is 52.6 Å². The number of nitrogens with one attached hydrogen (secondary N) is 3. The lowest BCUT2D eigenvalue weighted by Gasteiger charge is -2.21. The largest absolute Gasteiger partial charge is 0.352 e. The lowest BCUT2D eigenvalue weighted by atomic mass is 10.1. The summed E-state index contributed by atoms with van der Waals surface area (Å²) in [7, 11) is 5.44. The maximum absolute atomic E-state index is 13.8. The van der Waals surface area contributed by atoms with Crippen LogP contribution in [-0.4, -0.2) is 50.0 Å². The van der Waals surface area contributed by atoms with Gasteiger partial charge in [-0.3, -0.25) is 9.79 Å². The van der Waals surface area contributed by atoms with Gasteiger partial charge in [-0.2, -0.15) is 0 Å². The number of halogens is 1. The Morgan fingerprint density at radius 1 is 1.24 bits per heavy atom. The van der Waals surface area contributed by atoms with Crippen molar-refractivity contribution in [2.75, 3.05) is 27.7 Å². The molecule has 0 unspecified atom stereocenters. The van der Waals surface area contributed by atoms with Crippen LogP contribution < -0.4 is 16.0 Å². The summed E-state index contributed by atoms with van der Waals surface area (Å²) >= 11 is 0. The predicted octanol–water partition coefficient (Wildman–Crippen LogP) is 1.47. The van der Waals surface area contributed by atoms with Crippen molar-refractivity contribution in [1.82, 2.24) is 20.9 Å². The molecule has 0 aliphatic rings. The maximum Gasteiger partial charge on any atom is 0.239 e. The highest BCUT2D eigenvalue weighted by atomic mass is 19.1. The quantitative estimate of drug-likeness (QED) is 0.536. The van der Waals surface area contributed by atoms with Gasteiger partial charge in [-0.15, -0.1) is 0 Å². The molecule has 0 saturated heterocycles. The van der Waals surface area contributed by atoms with Gasteiger partial charge in [0.15, 0.2) is 5.96 Å². The molecule has 0 aliphatic heterocycles. The Kier molecular flexibility index (Phi) is 7.83. The number of aliphatic imine (C=N–C) groups is 1. The van der Waals surface area contributed by atoms with Gasteiger partial charge in [0.1, 0.15) is 5.82 Å². The van der Waals surface area contributed by atoms with E-state index in [1.54, 1.807) is 13.1 Å².